The van der Waals surface area contributed by atoms with Crippen LogP contribution in [0.25, 0.3) is 5.70 Å². The number of rotatable bonds is 9. The molecule has 0 aromatic heterocycles. The van der Waals surface area contributed by atoms with Crippen LogP contribution in [0.2, 0.25) is 0 Å². The van der Waals surface area contributed by atoms with Gasteiger partial charge in [-0.25, -0.2) is 9.98 Å². The van der Waals surface area contributed by atoms with Crippen molar-refractivity contribution in [2.75, 3.05) is 6.54 Å². The number of aliphatic imine (C=N–C) groups is 3. The van der Waals surface area contributed by atoms with Crippen LogP contribution < -0.4 is 11.1 Å². The minimum absolute atomic E-state index is 0.0466. The Morgan fingerprint density at radius 1 is 0.852 bits per heavy atom. The lowest BCUT2D eigenvalue weighted by atomic mass is 9.85. The van der Waals surface area contributed by atoms with E-state index >= 15 is 0 Å². The zero-order valence-corrected chi connectivity index (χ0v) is 30.7. The topological polar surface area (TPSA) is 93.6 Å². The first kappa shape index (κ1) is 34.9. The number of amidine groups is 2. The van der Waals surface area contributed by atoms with E-state index in [1.807, 2.05) is 60.7 Å². The Kier molecular flexibility index (Phi) is 10.2. The van der Waals surface area contributed by atoms with Gasteiger partial charge in [-0.3, -0.25) is 4.99 Å². The molecule has 3 aromatic carbocycles. The summed E-state index contributed by atoms with van der Waals surface area (Å²) in [6.07, 6.45) is 25.5. The van der Waals surface area contributed by atoms with Gasteiger partial charge in [0, 0.05) is 29.6 Å². The van der Waals surface area contributed by atoms with Crippen LogP contribution in [-0.4, -0.2) is 23.9 Å². The van der Waals surface area contributed by atoms with Gasteiger partial charge in [0.1, 0.15) is 11.7 Å². The minimum atomic E-state index is -0.427. The smallest absolute Gasteiger partial charge is 0.169 e. The first-order valence-electron chi connectivity index (χ1n) is 18.8. The van der Waals surface area contributed by atoms with E-state index in [0.29, 0.717) is 11.6 Å². The van der Waals surface area contributed by atoms with Gasteiger partial charge in [0.25, 0.3) is 0 Å². The highest BCUT2D eigenvalue weighted by Gasteiger charge is 2.36. The summed E-state index contributed by atoms with van der Waals surface area (Å²) in [6.45, 7) is 4.97. The van der Waals surface area contributed by atoms with Gasteiger partial charge in [0.2, 0.25) is 0 Å². The molecule has 0 saturated carbocycles. The second-order valence-corrected chi connectivity index (χ2v) is 14.2. The number of aryl methyl sites for hydroxylation is 1. The number of hydrogen-bond acceptors (Lipinski definition) is 7. The molecule has 0 spiro atoms. The van der Waals surface area contributed by atoms with E-state index in [9.17, 15) is 0 Å². The maximum Gasteiger partial charge on any atom is 0.169 e. The van der Waals surface area contributed by atoms with E-state index in [4.69, 9.17) is 30.2 Å². The lowest BCUT2D eigenvalue weighted by Crippen LogP contribution is -2.42. The van der Waals surface area contributed by atoms with Crippen molar-refractivity contribution < 1.29 is 9.47 Å². The average molecular weight is 712 g/mol. The standard InChI is InChI=1S/C47H45N5O2/c1-31-27-36(39(48)30-40(34-17-9-4-10-18-34)49-26-25-33-15-7-3-8-16-33)29-37(28-31)46-50-45(35-19-11-5-12-20-35)51-47(52-46)38-23-24-43-44(32(38)2)54-42-22-14-6-13-21-41(42)53-43/h3-5,7-15,17-24,27-30,32-33,38,45H,6,16,25-26,48H2,1-2H3,(H,50,51,52). The molecule has 7 heteroatoms. The summed E-state index contributed by atoms with van der Waals surface area (Å²) in [7, 11) is 0. The maximum atomic E-state index is 6.94. The summed E-state index contributed by atoms with van der Waals surface area (Å²) in [5.74, 6) is 4.89. The molecule has 3 aliphatic carbocycles. The number of nitrogens with one attached hydrogen (secondary N) is 1. The van der Waals surface area contributed by atoms with Crippen molar-refractivity contribution in [1.82, 2.24) is 5.32 Å². The number of allylic oxidation sites excluding steroid dienone is 11. The normalized spacial score (nSPS) is 23.4. The number of hydrogen-bond donors (Lipinski definition) is 2. The molecule has 2 aliphatic heterocycles. The second kappa shape index (κ2) is 15.8. The van der Waals surface area contributed by atoms with Gasteiger partial charge in [-0.1, -0.05) is 110 Å². The molecule has 54 heavy (non-hydrogen) atoms. The predicted octanol–water partition coefficient (Wildman–Crippen LogP) is 9.56. The zero-order chi connectivity index (χ0) is 36.9. The van der Waals surface area contributed by atoms with Crippen molar-refractivity contribution in [2.24, 2.45) is 38.5 Å². The van der Waals surface area contributed by atoms with E-state index in [1.165, 1.54) is 0 Å². The van der Waals surface area contributed by atoms with E-state index in [1.54, 1.807) is 0 Å². The molecule has 3 aromatic rings. The average Bonchev–Trinajstić information content (AvgIpc) is 3.45. The van der Waals surface area contributed by atoms with Crippen LogP contribution >= 0.6 is 0 Å². The van der Waals surface area contributed by atoms with Gasteiger partial charge >= 0.3 is 0 Å². The Morgan fingerprint density at radius 2 is 1.63 bits per heavy atom. The summed E-state index contributed by atoms with van der Waals surface area (Å²) in [5, 5.41) is 3.65. The molecule has 0 saturated heterocycles. The highest BCUT2D eigenvalue weighted by atomic mass is 16.6. The van der Waals surface area contributed by atoms with E-state index in [-0.39, 0.29) is 11.8 Å². The SMILES string of the molecule is Cc1cc(C(N)=CC(=NCCC2C=CC=CC2)c2ccccc2)cc(C2=NC(c3ccccc3)N=C(C3C=CC4=C(OC5=C(C=CCC=C5)O4)C3C)N2)c1. The lowest BCUT2D eigenvalue weighted by Gasteiger charge is -2.34. The van der Waals surface area contributed by atoms with Crippen LogP contribution in [0, 0.1) is 24.7 Å². The first-order valence-corrected chi connectivity index (χ1v) is 18.8. The van der Waals surface area contributed by atoms with Gasteiger partial charge in [0.05, 0.1) is 5.71 Å². The van der Waals surface area contributed by atoms with Crippen LogP contribution in [0.5, 0.6) is 0 Å². The molecule has 0 amide bonds. The summed E-state index contributed by atoms with van der Waals surface area (Å²) >= 11 is 0. The summed E-state index contributed by atoms with van der Waals surface area (Å²) < 4.78 is 12.8. The number of benzene rings is 3. The minimum Gasteiger partial charge on any atom is -0.454 e. The monoisotopic (exact) mass is 711 g/mol. The zero-order valence-electron chi connectivity index (χ0n) is 30.7. The highest BCUT2D eigenvalue weighted by molar-refractivity contribution is 6.13. The Bertz CT molecular complexity index is 2250. The van der Waals surface area contributed by atoms with Crippen molar-refractivity contribution in [1.29, 1.82) is 0 Å². The molecule has 270 valence electrons. The van der Waals surface area contributed by atoms with Crippen molar-refractivity contribution in [3.8, 4) is 0 Å². The van der Waals surface area contributed by atoms with Crippen LogP contribution in [0.4, 0.5) is 0 Å². The molecule has 0 fully saturated rings. The van der Waals surface area contributed by atoms with Crippen molar-refractivity contribution in [3.05, 3.63) is 197 Å². The fourth-order valence-corrected chi connectivity index (χ4v) is 7.28. The summed E-state index contributed by atoms with van der Waals surface area (Å²) in [6, 6.07) is 26.9. The molecule has 2 heterocycles. The molecular formula is C47H45N5O2. The third-order valence-electron chi connectivity index (χ3n) is 10.2. The predicted molar refractivity (Wildman–Crippen MR) is 219 cm³/mol. The first-order chi connectivity index (χ1) is 26.5. The Morgan fingerprint density at radius 3 is 2.41 bits per heavy atom. The summed E-state index contributed by atoms with van der Waals surface area (Å²) in [4.78, 5) is 15.5. The second-order valence-electron chi connectivity index (χ2n) is 14.2. The molecule has 0 radical (unpaired) electrons. The third kappa shape index (κ3) is 7.76. The van der Waals surface area contributed by atoms with Crippen LogP contribution in [0.3, 0.4) is 0 Å². The Balaban J connectivity index is 1.09. The van der Waals surface area contributed by atoms with Gasteiger partial charge in [-0.05, 0) is 96.9 Å². The Hall–Kier alpha value is -6.21. The van der Waals surface area contributed by atoms with Gasteiger partial charge in [-0.15, -0.1) is 0 Å². The molecule has 0 bridgehead atoms. The maximum absolute atomic E-state index is 6.94. The number of nitrogens with zero attached hydrogens (tertiary/aromatic N) is 3. The molecule has 8 rings (SSSR count). The van der Waals surface area contributed by atoms with Gasteiger partial charge in [-0.2, -0.15) is 0 Å². The van der Waals surface area contributed by atoms with Crippen molar-refractivity contribution in [3.63, 3.8) is 0 Å². The van der Waals surface area contributed by atoms with E-state index in [2.05, 4.69) is 104 Å². The quantitative estimate of drug-likeness (QED) is 0.216. The third-order valence-corrected chi connectivity index (χ3v) is 10.2. The molecule has 7 nitrogen and oxygen atoms in total. The molecule has 4 unspecified atom stereocenters. The largest absolute Gasteiger partial charge is 0.454 e. The molecule has 4 atom stereocenters. The van der Waals surface area contributed by atoms with E-state index in [0.717, 1.165) is 94.0 Å². The van der Waals surface area contributed by atoms with Gasteiger partial charge < -0.3 is 20.5 Å². The van der Waals surface area contributed by atoms with Crippen LogP contribution in [0.1, 0.15) is 60.2 Å². The van der Waals surface area contributed by atoms with Crippen LogP contribution in [-0.2, 0) is 9.47 Å². The fraction of sp³-hybridized carbons (Fsp3) is 0.213. The van der Waals surface area contributed by atoms with Crippen LogP contribution in [0.15, 0.2) is 184 Å². The number of nitrogens with two attached hydrogens (primary N) is 1. The molecule has 5 aliphatic rings. The molecular weight excluding hydrogens is 667 g/mol. The van der Waals surface area contributed by atoms with Crippen molar-refractivity contribution in [2.45, 2.75) is 39.3 Å². The fourth-order valence-electron chi connectivity index (χ4n) is 7.28. The van der Waals surface area contributed by atoms with Gasteiger partial charge in [0.15, 0.2) is 29.2 Å². The Labute approximate surface area is 317 Å². The highest BCUT2D eigenvalue weighted by Crippen LogP contribution is 2.40. The molecule has 3 N–H and O–H groups in total. The summed E-state index contributed by atoms with van der Waals surface area (Å²) in [5.41, 5.74) is 13.4. The lowest BCUT2D eigenvalue weighted by molar-refractivity contribution is 0.164. The van der Waals surface area contributed by atoms with E-state index < -0.39 is 6.17 Å². The number of ether oxygens (including phenoxy) is 2. The van der Waals surface area contributed by atoms with Crippen molar-refractivity contribution >= 4 is 23.1 Å².